The molecule has 0 spiro atoms. The van der Waals surface area contributed by atoms with E-state index in [0.717, 1.165) is 12.8 Å². The first kappa shape index (κ1) is 16.2. The number of carbonyl (C=O) groups excluding carboxylic acids is 1. The molecule has 1 saturated heterocycles. The third-order valence-corrected chi connectivity index (χ3v) is 2.93. The number of amides is 1. The van der Waals surface area contributed by atoms with E-state index in [-0.39, 0.29) is 25.5 Å². The van der Waals surface area contributed by atoms with Crippen LogP contribution in [-0.2, 0) is 14.2 Å². The number of hydrogen-bond donors (Lipinski definition) is 1. The van der Waals surface area contributed by atoms with Crippen LogP contribution < -0.4 is 0 Å². The van der Waals surface area contributed by atoms with Crippen LogP contribution in [-0.4, -0.2) is 60.9 Å². The third-order valence-electron chi connectivity index (χ3n) is 2.93. The lowest BCUT2D eigenvalue weighted by Gasteiger charge is -2.40. The number of hydrogen-bond acceptors (Lipinski definition) is 5. The van der Waals surface area contributed by atoms with E-state index in [0.29, 0.717) is 6.54 Å². The summed E-state index contributed by atoms with van der Waals surface area (Å²) in [6.45, 7) is 6.05. The minimum atomic E-state index is -0.544. The zero-order valence-electron chi connectivity index (χ0n) is 12.2. The molecule has 1 N–H and O–H groups in total. The standard InChI is InChI=1S/C13H25NO5/c1-13(2,3)19-12(16)14-7-5-6-11(10(14)8-15)18-9-17-4/h10-11,15H,5-9H2,1-4H3/t10-,11-/m0/s1. The van der Waals surface area contributed by atoms with Gasteiger partial charge >= 0.3 is 6.09 Å². The molecule has 0 aromatic carbocycles. The Kier molecular flexibility index (Phi) is 6.03. The molecule has 0 bridgehead atoms. The third kappa shape index (κ3) is 4.97. The molecule has 1 aliphatic rings. The van der Waals surface area contributed by atoms with Gasteiger partial charge in [0.1, 0.15) is 12.4 Å². The molecule has 19 heavy (non-hydrogen) atoms. The number of carbonyl (C=O) groups is 1. The first-order chi connectivity index (χ1) is 8.89. The van der Waals surface area contributed by atoms with Crippen LogP contribution in [0.5, 0.6) is 0 Å². The summed E-state index contributed by atoms with van der Waals surface area (Å²) in [6.07, 6.45) is 1.00. The number of ether oxygens (including phenoxy) is 3. The van der Waals surface area contributed by atoms with Crippen LogP contribution in [0.1, 0.15) is 33.6 Å². The Morgan fingerprint density at radius 3 is 2.63 bits per heavy atom. The van der Waals surface area contributed by atoms with Gasteiger partial charge in [0.15, 0.2) is 0 Å². The molecule has 112 valence electrons. The molecule has 1 heterocycles. The predicted molar refractivity (Wildman–Crippen MR) is 69.8 cm³/mol. The number of nitrogens with zero attached hydrogens (tertiary/aromatic N) is 1. The average Bonchev–Trinajstić information content (AvgIpc) is 2.33. The fraction of sp³-hybridized carbons (Fsp3) is 0.923. The molecular formula is C13H25NO5. The van der Waals surface area contributed by atoms with E-state index in [2.05, 4.69) is 0 Å². The summed E-state index contributed by atoms with van der Waals surface area (Å²) in [5.41, 5.74) is -0.544. The summed E-state index contributed by atoms with van der Waals surface area (Å²) >= 11 is 0. The first-order valence-electron chi connectivity index (χ1n) is 6.60. The van der Waals surface area contributed by atoms with E-state index < -0.39 is 11.7 Å². The van der Waals surface area contributed by atoms with Crippen molar-refractivity contribution in [2.24, 2.45) is 0 Å². The molecule has 0 aromatic heterocycles. The lowest BCUT2D eigenvalue weighted by Crippen LogP contribution is -2.54. The molecule has 1 aliphatic heterocycles. The second-order valence-electron chi connectivity index (χ2n) is 5.68. The van der Waals surface area contributed by atoms with E-state index in [1.165, 1.54) is 0 Å². The van der Waals surface area contributed by atoms with Crippen LogP contribution in [0.15, 0.2) is 0 Å². The van der Waals surface area contributed by atoms with Gasteiger partial charge in [-0.25, -0.2) is 4.79 Å². The van der Waals surface area contributed by atoms with Crippen molar-refractivity contribution in [2.75, 3.05) is 27.1 Å². The van der Waals surface area contributed by atoms with Crippen molar-refractivity contribution in [1.29, 1.82) is 0 Å². The van der Waals surface area contributed by atoms with E-state index in [4.69, 9.17) is 14.2 Å². The molecule has 0 aliphatic carbocycles. The van der Waals surface area contributed by atoms with Gasteiger partial charge in [0.25, 0.3) is 0 Å². The first-order valence-corrected chi connectivity index (χ1v) is 6.60. The van der Waals surface area contributed by atoms with Gasteiger partial charge < -0.3 is 24.2 Å². The number of rotatable bonds is 4. The van der Waals surface area contributed by atoms with Crippen LogP contribution in [0.4, 0.5) is 4.79 Å². The van der Waals surface area contributed by atoms with Crippen molar-refractivity contribution < 1.29 is 24.1 Å². The predicted octanol–water partition coefficient (Wildman–Crippen LogP) is 1.37. The number of aliphatic hydroxyl groups is 1. The second kappa shape index (κ2) is 7.07. The maximum atomic E-state index is 12.1. The molecule has 2 atom stereocenters. The maximum absolute atomic E-state index is 12.1. The highest BCUT2D eigenvalue weighted by atomic mass is 16.7. The summed E-state index contributed by atoms with van der Waals surface area (Å²) in [5.74, 6) is 0. The summed E-state index contributed by atoms with van der Waals surface area (Å²) in [6, 6.07) is -0.376. The largest absolute Gasteiger partial charge is 0.444 e. The van der Waals surface area contributed by atoms with Crippen LogP contribution >= 0.6 is 0 Å². The average molecular weight is 275 g/mol. The quantitative estimate of drug-likeness (QED) is 0.785. The zero-order chi connectivity index (χ0) is 14.5. The fourth-order valence-electron chi connectivity index (χ4n) is 2.13. The Balaban J connectivity index is 2.67. The molecule has 1 amide bonds. The highest BCUT2D eigenvalue weighted by Gasteiger charge is 2.36. The Labute approximate surface area is 114 Å². The van der Waals surface area contributed by atoms with Crippen LogP contribution in [0.3, 0.4) is 0 Å². The smallest absolute Gasteiger partial charge is 0.410 e. The van der Waals surface area contributed by atoms with Gasteiger partial charge in [0.2, 0.25) is 0 Å². The number of aliphatic hydroxyl groups excluding tert-OH is 1. The molecule has 6 nitrogen and oxygen atoms in total. The monoisotopic (exact) mass is 275 g/mol. The van der Waals surface area contributed by atoms with Crippen molar-refractivity contribution in [1.82, 2.24) is 4.90 Å². The van der Waals surface area contributed by atoms with Crippen molar-refractivity contribution in [3.8, 4) is 0 Å². The fourth-order valence-corrected chi connectivity index (χ4v) is 2.13. The Bertz CT molecular complexity index is 289. The van der Waals surface area contributed by atoms with Gasteiger partial charge in [0, 0.05) is 13.7 Å². The minimum Gasteiger partial charge on any atom is -0.444 e. The van der Waals surface area contributed by atoms with E-state index in [1.807, 2.05) is 20.8 Å². The summed E-state index contributed by atoms with van der Waals surface area (Å²) in [5, 5.41) is 9.51. The lowest BCUT2D eigenvalue weighted by atomic mass is 10.00. The molecule has 0 aromatic rings. The molecule has 1 fully saturated rings. The number of piperidine rings is 1. The summed E-state index contributed by atoms with van der Waals surface area (Å²) in [7, 11) is 1.54. The van der Waals surface area contributed by atoms with Crippen molar-refractivity contribution in [2.45, 2.75) is 51.4 Å². The number of likely N-dealkylation sites (tertiary alicyclic amines) is 1. The normalized spacial score (nSPS) is 24.4. The molecule has 0 saturated carbocycles. The molecule has 0 unspecified atom stereocenters. The van der Waals surface area contributed by atoms with Gasteiger partial charge in [-0.1, -0.05) is 0 Å². The Morgan fingerprint density at radius 1 is 1.42 bits per heavy atom. The maximum Gasteiger partial charge on any atom is 0.410 e. The SMILES string of the molecule is COCO[C@H]1CCCN(C(=O)OC(C)(C)C)[C@H]1CO. The summed E-state index contributed by atoms with van der Waals surface area (Å²) < 4.78 is 15.7. The van der Waals surface area contributed by atoms with Gasteiger partial charge in [-0.05, 0) is 33.6 Å². The van der Waals surface area contributed by atoms with Crippen LogP contribution in [0, 0.1) is 0 Å². The summed E-state index contributed by atoms with van der Waals surface area (Å²) in [4.78, 5) is 13.7. The molecule has 0 radical (unpaired) electrons. The van der Waals surface area contributed by atoms with Crippen molar-refractivity contribution >= 4 is 6.09 Å². The number of methoxy groups -OCH3 is 1. The minimum absolute atomic E-state index is 0.145. The van der Waals surface area contributed by atoms with Gasteiger partial charge in [-0.3, -0.25) is 0 Å². The van der Waals surface area contributed by atoms with E-state index in [9.17, 15) is 9.90 Å². The topological polar surface area (TPSA) is 68.2 Å². The van der Waals surface area contributed by atoms with E-state index >= 15 is 0 Å². The zero-order valence-corrected chi connectivity index (χ0v) is 12.2. The lowest BCUT2D eigenvalue weighted by molar-refractivity contribution is -0.121. The van der Waals surface area contributed by atoms with Gasteiger partial charge in [0.05, 0.1) is 18.8 Å². The van der Waals surface area contributed by atoms with E-state index in [1.54, 1.807) is 12.0 Å². The Hall–Kier alpha value is -0.850. The van der Waals surface area contributed by atoms with Gasteiger partial charge in [-0.2, -0.15) is 0 Å². The second-order valence-corrected chi connectivity index (χ2v) is 5.68. The highest BCUT2D eigenvalue weighted by molar-refractivity contribution is 5.68. The van der Waals surface area contributed by atoms with Crippen LogP contribution in [0.2, 0.25) is 0 Å². The van der Waals surface area contributed by atoms with Crippen molar-refractivity contribution in [3.63, 3.8) is 0 Å². The Morgan fingerprint density at radius 2 is 2.11 bits per heavy atom. The molecule has 1 rings (SSSR count). The van der Waals surface area contributed by atoms with Crippen molar-refractivity contribution in [3.05, 3.63) is 0 Å². The molecule has 6 heteroatoms. The van der Waals surface area contributed by atoms with Gasteiger partial charge in [-0.15, -0.1) is 0 Å². The molecular weight excluding hydrogens is 250 g/mol. The highest BCUT2D eigenvalue weighted by Crippen LogP contribution is 2.22. The van der Waals surface area contributed by atoms with Crippen LogP contribution in [0.25, 0.3) is 0 Å².